The first-order chi connectivity index (χ1) is 16.5. The van der Waals surface area contributed by atoms with Crippen LogP contribution in [0.2, 0.25) is 5.02 Å². The van der Waals surface area contributed by atoms with Crippen LogP contribution in [0.15, 0.2) is 30.6 Å². The number of amides is 1. The maximum atomic E-state index is 12.7. The molecular weight excluding hydrogens is 452 g/mol. The number of rotatable bonds is 5. The highest BCUT2D eigenvalue weighted by atomic mass is 35.5. The smallest absolute Gasteiger partial charge is 0.271 e. The number of carbonyl (C=O) groups excluding carboxylic acids is 1. The van der Waals surface area contributed by atoms with Crippen LogP contribution in [-0.4, -0.2) is 54.2 Å². The van der Waals surface area contributed by atoms with Gasteiger partial charge < -0.3 is 20.3 Å². The quantitative estimate of drug-likeness (QED) is 0.676. The summed E-state index contributed by atoms with van der Waals surface area (Å²) in [4.78, 5) is 23.8. The minimum Gasteiger partial charge on any atom is -0.490 e. The molecule has 0 unspecified atom stereocenters. The Morgan fingerprint density at radius 2 is 1.94 bits per heavy atom. The third kappa shape index (κ3) is 4.96. The van der Waals surface area contributed by atoms with E-state index in [-0.39, 0.29) is 18.1 Å². The van der Waals surface area contributed by atoms with Crippen molar-refractivity contribution >= 4 is 23.3 Å². The predicted octanol–water partition coefficient (Wildman–Crippen LogP) is 3.31. The van der Waals surface area contributed by atoms with Gasteiger partial charge in [-0.05, 0) is 63.7 Å². The van der Waals surface area contributed by atoms with Gasteiger partial charge in [0.2, 0.25) is 0 Å². The standard InChI is InChI=1S/C25H29ClN6O2/c26-21-11-20(4-1-17(21)12-27)34-19-5-2-18(3-6-19)31-24(33)22-13-30-23(14-29-22)32-15-25(16-32)7-9-28-10-8-25/h1,4,11,13-14,18-19,28H,2-3,5-10,15-16H2,(H,31,33). The van der Waals surface area contributed by atoms with E-state index in [0.29, 0.717) is 27.4 Å². The first kappa shape index (κ1) is 22.9. The highest BCUT2D eigenvalue weighted by Gasteiger charge is 2.44. The zero-order valence-corrected chi connectivity index (χ0v) is 19.9. The Morgan fingerprint density at radius 1 is 1.18 bits per heavy atom. The van der Waals surface area contributed by atoms with Crippen LogP contribution in [0, 0.1) is 16.7 Å². The number of nitrogens with zero attached hydrogens (tertiary/aromatic N) is 4. The summed E-state index contributed by atoms with van der Waals surface area (Å²) in [6.07, 6.45) is 9.12. The van der Waals surface area contributed by atoms with E-state index in [9.17, 15) is 4.79 Å². The molecule has 9 heteroatoms. The topological polar surface area (TPSA) is 103 Å². The minimum atomic E-state index is -0.180. The Balaban J connectivity index is 1.08. The fourth-order valence-electron chi connectivity index (χ4n) is 5.24. The summed E-state index contributed by atoms with van der Waals surface area (Å²) in [6, 6.07) is 7.26. The Bertz CT molecular complexity index is 1060. The summed E-state index contributed by atoms with van der Waals surface area (Å²) >= 11 is 6.09. The number of nitriles is 1. The maximum Gasteiger partial charge on any atom is 0.271 e. The van der Waals surface area contributed by atoms with Gasteiger partial charge in [-0.2, -0.15) is 5.26 Å². The molecule has 1 aliphatic carbocycles. The summed E-state index contributed by atoms with van der Waals surface area (Å²) in [5.41, 5.74) is 1.22. The lowest BCUT2D eigenvalue weighted by atomic mass is 9.72. The number of anilines is 1. The van der Waals surface area contributed by atoms with Crippen LogP contribution in [0.5, 0.6) is 5.75 Å². The molecule has 1 aromatic carbocycles. The lowest BCUT2D eigenvalue weighted by Crippen LogP contribution is -2.60. The van der Waals surface area contributed by atoms with Crippen LogP contribution in [0.3, 0.4) is 0 Å². The molecule has 0 bridgehead atoms. The Kier molecular flexibility index (Phi) is 6.57. The van der Waals surface area contributed by atoms with E-state index in [0.717, 1.165) is 57.7 Å². The molecule has 3 aliphatic rings. The first-order valence-corrected chi connectivity index (χ1v) is 12.4. The van der Waals surface area contributed by atoms with E-state index in [4.69, 9.17) is 21.6 Å². The van der Waals surface area contributed by atoms with E-state index < -0.39 is 0 Å². The molecule has 2 saturated heterocycles. The van der Waals surface area contributed by atoms with Gasteiger partial charge in [-0.25, -0.2) is 9.97 Å². The normalized spacial score (nSPS) is 23.6. The molecule has 0 atom stereocenters. The molecular formula is C25H29ClN6O2. The van der Waals surface area contributed by atoms with Crippen molar-refractivity contribution in [2.75, 3.05) is 31.1 Å². The number of halogens is 1. The largest absolute Gasteiger partial charge is 0.490 e. The molecule has 2 aromatic rings. The number of nitrogens with one attached hydrogen (secondary N) is 2. The second kappa shape index (κ2) is 9.77. The average Bonchev–Trinajstić information content (AvgIpc) is 2.84. The van der Waals surface area contributed by atoms with Gasteiger partial charge in [0, 0.05) is 30.6 Å². The monoisotopic (exact) mass is 480 g/mol. The number of benzene rings is 1. The van der Waals surface area contributed by atoms with Crippen molar-refractivity contribution in [3.05, 3.63) is 46.9 Å². The molecule has 2 aliphatic heterocycles. The van der Waals surface area contributed by atoms with Crippen molar-refractivity contribution in [3.63, 3.8) is 0 Å². The van der Waals surface area contributed by atoms with Gasteiger partial charge in [0.1, 0.15) is 23.3 Å². The Hall–Kier alpha value is -2.89. The Labute approximate surface area is 204 Å². The van der Waals surface area contributed by atoms with Gasteiger partial charge in [-0.15, -0.1) is 0 Å². The van der Waals surface area contributed by atoms with Gasteiger partial charge in [-0.3, -0.25) is 4.79 Å². The Morgan fingerprint density at radius 3 is 2.59 bits per heavy atom. The van der Waals surface area contributed by atoms with Crippen molar-refractivity contribution in [1.29, 1.82) is 5.26 Å². The summed E-state index contributed by atoms with van der Waals surface area (Å²) in [5.74, 6) is 1.34. The minimum absolute atomic E-state index is 0.0657. The molecule has 1 amide bonds. The molecule has 34 heavy (non-hydrogen) atoms. The molecule has 5 rings (SSSR count). The number of piperidine rings is 1. The number of aromatic nitrogens is 2. The van der Waals surface area contributed by atoms with Crippen molar-refractivity contribution in [2.45, 2.75) is 50.7 Å². The van der Waals surface area contributed by atoms with Gasteiger partial charge in [-0.1, -0.05) is 11.6 Å². The molecule has 1 spiro atoms. The first-order valence-electron chi connectivity index (χ1n) is 12.0. The number of ether oxygens (including phenoxy) is 1. The van der Waals surface area contributed by atoms with Crippen molar-refractivity contribution in [1.82, 2.24) is 20.6 Å². The second-order valence-electron chi connectivity index (χ2n) is 9.68. The van der Waals surface area contributed by atoms with E-state index in [2.05, 4.69) is 25.5 Å². The van der Waals surface area contributed by atoms with Crippen LogP contribution >= 0.6 is 11.6 Å². The molecule has 3 fully saturated rings. The van der Waals surface area contributed by atoms with Gasteiger partial charge in [0.15, 0.2) is 0 Å². The van der Waals surface area contributed by atoms with Crippen molar-refractivity contribution in [3.8, 4) is 11.8 Å². The van der Waals surface area contributed by atoms with Crippen LogP contribution in [0.1, 0.15) is 54.6 Å². The zero-order chi connectivity index (χ0) is 23.5. The molecule has 1 aromatic heterocycles. The number of hydrogen-bond acceptors (Lipinski definition) is 7. The lowest BCUT2D eigenvalue weighted by molar-refractivity contribution is 0.0888. The molecule has 178 valence electrons. The second-order valence-corrected chi connectivity index (χ2v) is 10.1. The molecule has 2 N–H and O–H groups in total. The molecule has 3 heterocycles. The van der Waals surface area contributed by atoms with Gasteiger partial charge in [0.25, 0.3) is 5.91 Å². The molecule has 8 nitrogen and oxygen atoms in total. The maximum absolute atomic E-state index is 12.7. The highest BCUT2D eigenvalue weighted by molar-refractivity contribution is 6.31. The summed E-state index contributed by atoms with van der Waals surface area (Å²) < 4.78 is 6.03. The fourth-order valence-corrected chi connectivity index (χ4v) is 5.45. The predicted molar refractivity (Wildman–Crippen MR) is 129 cm³/mol. The van der Waals surface area contributed by atoms with Crippen molar-refractivity contribution < 1.29 is 9.53 Å². The summed E-state index contributed by atoms with van der Waals surface area (Å²) in [7, 11) is 0. The summed E-state index contributed by atoms with van der Waals surface area (Å²) in [5, 5.41) is 15.9. The third-order valence-corrected chi connectivity index (χ3v) is 7.60. The van der Waals surface area contributed by atoms with Crippen LogP contribution < -0.4 is 20.3 Å². The van der Waals surface area contributed by atoms with E-state index in [1.165, 1.54) is 12.8 Å². The van der Waals surface area contributed by atoms with Crippen LogP contribution in [0.25, 0.3) is 0 Å². The van der Waals surface area contributed by atoms with E-state index in [1.54, 1.807) is 30.6 Å². The highest BCUT2D eigenvalue weighted by Crippen LogP contribution is 2.40. The zero-order valence-electron chi connectivity index (χ0n) is 19.1. The van der Waals surface area contributed by atoms with Gasteiger partial charge >= 0.3 is 0 Å². The van der Waals surface area contributed by atoms with E-state index in [1.807, 2.05) is 6.07 Å². The van der Waals surface area contributed by atoms with Crippen LogP contribution in [-0.2, 0) is 0 Å². The SMILES string of the molecule is N#Cc1ccc(OC2CCC(NC(=O)c3cnc(N4CC5(CCNCC5)C4)cn3)CC2)cc1Cl. The average molecular weight is 481 g/mol. The molecule has 1 saturated carbocycles. The fraction of sp³-hybridized carbons (Fsp3) is 0.520. The summed E-state index contributed by atoms with van der Waals surface area (Å²) in [6.45, 7) is 4.23. The van der Waals surface area contributed by atoms with Crippen LogP contribution in [0.4, 0.5) is 5.82 Å². The third-order valence-electron chi connectivity index (χ3n) is 7.28. The van der Waals surface area contributed by atoms with E-state index >= 15 is 0 Å². The number of carbonyl (C=O) groups is 1. The van der Waals surface area contributed by atoms with Gasteiger partial charge in [0.05, 0.1) is 29.1 Å². The van der Waals surface area contributed by atoms with Crippen molar-refractivity contribution in [2.24, 2.45) is 5.41 Å². The lowest BCUT2D eigenvalue weighted by Gasteiger charge is -2.52. The molecule has 0 radical (unpaired) electrons. The number of hydrogen-bond donors (Lipinski definition) is 2.